The first kappa shape index (κ1) is 30.1. The van der Waals surface area contributed by atoms with Crippen LogP contribution in [0, 0.1) is 0 Å². The maximum absolute atomic E-state index is 13.9. The van der Waals surface area contributed by atoms with Gasteiger partial charge in [-0.05, 0) is 67.6 Å². The number of carbonyl (C=O) groups excluding carboxylic acids is 2. The number of ether oxygens (including phenoxy) is 4. The molecule has 0 saturated carbocycles. The molecule has 1 aliphatic carbocycles. The third-order valence-corrected chi connectivity index (χ3v) is 8.88. The van der Waals surface area contributed by atoms with Crippen LogP contribution in [0.4, 0.5) is 0 Å². The van der Waals surface area contributed by atoms with Crippen LogP contribution in [0.25, 0.3) is 15.9 Å². The van der Waals surface area contributed by atoms with Gasteiger partial charge >= 0.3 is 5.97 Å². The van der Waals surface area contributed by atoms with E-state index in [4.69, 9.17) is 23.9 Å². The molecular weight excluding hydrogens is 592 g/mol. The highest BCUT2D eigenvalue weighted by atomic mass is 32.2. The minimum Gasteiger partial charge on any atom is -0.497 e. The first-order chi connectivity index (χ1) is 20.8. The van der Waals surface area contributed by atoms with Crippen LogP contribution in [0.15, 0.2) is 51.5 Å². The van der Waals surface area contributed by atoms with Crippen molar-refractivity contribution in [1.82, 2.24) is 15.0 Å². The van der Waals surface area contributed by atoms with Crippen LogP contribution in [0.3, 0.4) is 0 Å². The topological polar surface area (TPSA) is 130 Å². The third kappa shape index (κ3) is 6.52. The summed E-state index contributed by atoms with van der Waals surface area (Å²) in [6.07, 6.45) is 5.38. The number of rotatable bonds is 10. The summed E-state index contributed by atoms with van der Waals surface area (Å²) in [6, 6.07) is 10.4. The molecule has 0 atom stereocenters. The van der Waals surface area contributed by atoms with E-state index in [-0.39, 0.29) is 28.6 Å². The lowest BCUT2D eigenvalue weighted by Crippen LogP contribution is -2.24. The summed E-state index contributed by atoms with van der Waals surface area (Å²) < 4.78 is 22.7. The van der Waals surface area contributed by atoms with E-state index in [1.807, 2.05) is 0 Å². The molecule has 0 aliphatic heterocycles. The Morgan fingerprint density at radius 3 is 2.42 bits per heavy atom. The molecule has 1 N–H and O–H groups in total. The number of methoxy groups -OCH3 is 3. The van der Waals surface area contributed by atoms with E-state index in [0.29, 0.717) is 32.4 Å². The summed E-state index contributed by atoms with van der Waals surface area (Å²) in [7, 11) is 4.45. The Hall–Kier alpha value is -4.36. The number of aromatic nitrogens is 2. The van der Waals surface area contributed by atoms with Gasteiger partial charge in [-0.2, -0.15) is 5.10 Å². The van der Waals surface area contributed by atoms with Gasteiger partial charge in [0.2, 0.25) is 5.75 Å². The molecule has 224 valence electrons. The van der Waals surface area contributed by atoms with Crippen LogP contribution in [0.2, 0.25) is 0 Å². The highest BCUT2D eigenvalue weighted by Gasteiger charge is 2.23. The van der Waals surface area contributed by atoms with Gasteiger partial charge in [-0.1, -0.05) is 11.8 Å². The zero-order chi connectivity index (χ0) is 30.5. The maximum atomic E-state index is 13.9. The summed E-state index contributed by atoms with van der Waals surface area (Å²) in [5.41, 5.74) is 4.64. The fourth-order valence-electron chi connectivity index (χ4n) is 4.80. The van der Waals surface area contributed by atoms with Crippen molar-refractivity contribution in [2.24, 2.45) is 5.10 Å². The van der Waals surface area contributed by atoms with Crippen LogP contribution in [-0.4, -0.2) is 54.7 Å². The van der Waals surface area contributed by atoms with Crippen molar-refractivity contribution in [2.75, 3.05) is 27.1 Å². The van der Waals surface area contributed by atoms with Crippen LogP contribution < -0.4 is 29.9 Å². The fourth-order valence-corrected chi connectivity index (χ4v) is 6.91. The molecule has 43 heavy (non-hydrogen) atoms. The molecule has 0 bridgehead atoms. The van der Waals surface area contributed by atoms with Crippen molar-refractivity contribution in [2.45, 2.75) is 37.8 Å². The van der Waals surface area contributed by atoms with Crippen molar-refractivity contribution in [1.29, 1.82) is 0 Å². The largest absolute Gasteiger partial charge is 0.497 e. The van der Waals surface area contributed by atoms with Gasteiger partial charge in [-0.15, -0.1) is 11.3 Å². The van der Waals surface area contributed by atoms with Crippen molar-refractivity contribution >= 4 is 51.4 Å². The van der Waals surface area contributed by atoms with Crippen molar-refractivity contribution in [3.05, 3.63) is 62.8 Å². The number of hydrogen-bond acceptors (Lipinski definition) is 11. The Morgan fingerprint density at radius 2 is 1.77 bits per heavy atom. The minimum atomic E-state index is -0.521. The van der Waals surface area contributed by atoms with Gasteiger partial charge in [-0.25, -0.2) is 10.4 Å². The van der Waals surface area contributed by atoms with Gasteiger partial charge in [0, 0.05) is 17.4 Å². The minimum absolute atomic E-state index is 0.0332. The highest BCUT2D eigenvalue weighted by Crippen LogP contribution is 2.38. The molecule has 4 aromatic rings. The quantitative estimate of drug-likeness (QED) is 0.0678. The molecule has 0 spiro atoms. The van der Waals surface area contributed by atoms with Crippen LogP contribution >= 0.6 is 23.1 Å². The van der Waals surface area contributed by atoms with Gasteiger partial charge in [-0.3, -0.25) is 19.0 Å². The number of fused-ring (bicyclic) bond motifs is 3. The molecule has 0 unspecified atom stereocenters. The zero-order valence-electron chi connectivity index (χ0n) is 24.1. The lowest BCUT2D eigenvalue weighted by Gasteiger charge is -2.14. The molecule has 2 aromatic carbocycles. The number of aryl methyl sites for hydroxylation is 2. The van der Waals surface area contributed by atoms with Crippen molar-refractivity contribution in [3.8, 4) is 28.7 Å². The Balaban J connectivity index is 1.37. The number of amides is 1. The van der Waals surface area contributed by atoms with E-state index in [0.717, 1.165) is 43.0 Å². The number of hydrazone groups is 1. The second kappa shape index (κ2) is 13.3. The molecule has 2 aromatic heterocycles. The van der Waals surface area contributed by atoms with Crippen LogP contribution in [-0.2, 0) is 22.4 Å². The zero-order valence-corrected chi connectivity index (χ0v) is 25.7. The van der Waals surface area contributed by atoms with Crippen molar-refractivity contribution < 1.29 is 28.5 Å². The number of thiophene rings is 1. The average molecular weight is 623 g/mol. The third-order valence-electron chi connectivity index (χ3n) is 6.75. The van der Waals surface area contributed by atoms with Crippen LogP contribution in [0.1, 0.15) is 35.8 Å². The molecule has 0 fully saturated rings. The highest BCUT2D eigenvalue weighted by molar-refractivity contribution is 7.99. The molecule has 5 rings (SSSR count). The Kier molecular flexibility index (Phi) is 9.31. The van der Waals surface area contributed by atoms with Gasteiger partial charge < -0.3 is 18.9 Å². The Labute approximate surface area is 255 Å². The summed E-state index contributed by atoms with van der Waals surface area (Å²) >= 11 is 2.72. The first-order valence-electron chi connectivity index (χ1n) is 13.4. The first-order valence-corrected chi connectivity index (χ1v) is 15.2. The number of hydrogen-bond donors (Lipinski definition) is 1. The van der Waals surface area contributed by atoms with Gasteiger partial charge in [0.05, 0.1) is 44.4 Å². The second-order valence-corrected chi connectivity index (χ2v) is 11.6. The van der Waals surface area contributed by atoms with E-state index in [9.17, 15) is 14.4 Å². The predicted octanol–water partition coefficient (Wildman–Crippen LogP) is 4.52. The second-order valence-electron chi connectivity index (χ2n) is 9.55. The van der Waals surface area contributed by atoms with E-state index in [1.54, 1.807) is 59.4 Å². The number of nitrogens with zero attached hydrogens (tertiary/aromatic N) is 3. The number of thioether (sulfide) groups is 1. The Morgan fingerprint density at radius 1 is 1.07 bits per heavy atom. The normalized spacial score (nSPS) is 12.7. The van der Waals surface area contributed by atoms with E-state index >= 15 is 0 Å². The molecular formula is C30H30N4O7S2. The molecule has 1 amide bonds. The lowest BCUT2D eigenvalue weighted by molar-refractivity contribution is -0.132. The SMILES string of the molecule is COc1ccc(-n2c(SCC(=O)NN=Cc3cc(OC)c(OC(C)=O)c(OC)c3)nc3sc4c(c3c2=O)CCCC4)cc1. The van der Waals surface area contributed by atoms with Gasteiger partial charge in [0.1, 0.15) is 10.6 Å². The standard InChI is InChI=1S/C30H30N4O7S2/c1-17(35)41-27-22(39-3)13-18(14-23(27)40-4)15-31-33-25(36)16-42-30-32-28-26(21-7-5-6-8-24(21)43-28)29(37)34(30)19-9-11-20(38-2)12-10-19/h9-15H,5-8,16H2,1-4H3,(H,33,36). The molecule has 1 aliphatic rings. The van der Waals surface area contributed by atoms with E-state index < -0.39 is 11.9 Å². The molecule has 11 nitrogen and oxygen atoms in total. The summed E-state index contributed by atoms with van der Waals surface area (Å²) in [6.45, 7) is 1.28. The van der Waals surface area contributed by atoms with Crippen LogP contribution in [0.5, 0.6) is 23.0 Å². The lowest BCUT2D eigenvalue weighted by atomic mass is 9.97. The van der Waals surface area contributed by atoms with E-state index in [1.165, 1.54) is 32.2 Å². The van der Waals surface area contributed by atoms with Gasteiger partial charge in [0.25, 0.3) is 11.5 Å². The van der Waals surface area contributed by atoms with Gasteiger partial charge in [0.15, 0.2) is 16.7 Å². The molecule has 0 saturated heterocycles. The number of benzene rings is 2. The average Bonchev–Trinajstić information content (AvgIpc) is 3.39. The monoisotopic (exact) mass is 622 g/mol. The Bertz CT molecular complexity index is 1740. The van der Waals surface area contributed by atoms with Crippen molar-refractivity contribution in [3.63, 3.8) is 0 Å². The smallest absolute Gasteiger partial charge is 0.308 e. The number of esters is 1. The summed E-state index contributed by atoms with van der Waals surface area (Å²) in [5.74, 6) is 0.409. The summed E-state index contributed by atoms with van der Waals surface area (Å²) in [4.78, 5) is 44.9. The van der Waals surface area contributed by atoms with E-state index in [2.05, 4.69) is 10.5 Å². The maximum Gasteiger partial charge on any atom is 0.308 e. The predicted molar refractivity (Wildman–Crippen MR) is 166 cm³/mol. The number of nitrogens with one attached hydrogen (secondary N) is 1. The molecule has 13 heteroatoms. The molecule has 2 heterocycles. The molecule has 0 radical (unpaired) electrons. The summed E-state index contributed by atoms with van der Waals surface area (Å²) in [5, 5.41) is 5.13. The number of carbonyl (C=O) groups is 2. The fraction of sp³-hybridized carbons (Fsp3) is 0.300.